The number of anilines is 1. The van der Waals surface area contributed by atoms with E-state index in [1.807, 2.05) is 43.3 Å². The van der Waals surface area contributed by atoms with Gasteiger partial charge in [0.05, 0.1) is 16.9 Å². The molecule has 4 rings (SSSR count). The van der Waals surface area contributed by atoms with E-state index in [9.17, 15) is 9.18 Å². The third kappa shape index (κ3) is 3.15. The molecule has 0 unspecified atom stereocenters. The van der Waals surface area contributed by atoms with Crippen molar-refractivity contribution in [3.63, 3.8) is 0 Å². The van der Waals surface area contributed by atoms with E-state index < -0.39 is 0 Å². The summed E-state index contributed by atoms with van der Waals surface area (Å²) in [5.74, 6) is -0.351. The summed E-state index contributed by atoms with van der Waals surface area (Å²) in [4.78, 5) is 13.2. The summed E-state index contributed by atoms with van der Waals surface area (Å²) < 4.78 is 14.7. The highest BCUT2D eigenvalue weighted by molar-refractivity contribution is 5.81. The van der Waals surface area contributed by atoms with Crippen molar-refractivity contribution in [2.75, 3.05) is 5.73 Å². The van der Waals surface area contributed by atoms with Crippen LogP contribution in [0.15, 0.2) is 77.6 Å². The molecule has 0 spiro atoms. The van der Waals surface area contributed by atoms with Crippen molar-refractivity contribution in [2.45, 2.75) is 6.92 Å². The number of hydrogen-bond acceptors (Lipinski definition) is 2. The first kappa shape index (κ1) is 16.8. The van der Waals surface area contributed by atoms with E-state index in [1.54, 1.807) is 24.3 Å². The van der Waals surface area contributed by atoms with Crippen LogP contribution in [-0.4, -0.2) is 9.78 Å². The standard InChI is InChI=1S/C22H18FN3O/c1-14-3-2-4-16(13-14)21-20(15-5-9-18(24)10-6-15)22(27)26(25-21)19-11-7-17(23)8-12-19/h2-13,25H,24H2,1H3. The second-order valence-electron chi connectivity index (χ2n) is 6.47. The van der Waals surface area contributed by atoms with Gasteiger partial charge in [-0.15, -0.1) is 0 Å². The lowest BCUT2D eigenvalue weighted by Crippen LogP contribution is -2.15. The average molecular weight is 359 g/mol. The van der Waals surface area contributed by atoms with Gasteiger partial charge < -0.3 is 5.73 Å². The number of nitrogens with one attached hydrogen (secondary N) is 1. The number of aryl methyl sites for hydroxylation is 1. The van der Waals surface area contributed by atoms with Crippen LogP contribution in [0.4, 0.5) is 10.1 Å². The molecule has 1 aromatic heterocycles. The second kappa shape index (κ2) is 6.61. The molecule has 5 heteroatoms. The molecule has 0 bridgehead atoms. The molecule has 0 aliphatic carbocycles. The number of nitrogens with zero attached hydrogens (tertiary/aromatic N) is 1. The largest absolute Gasteiger partial charge is 0.399 e. The molecule has 0 amide bonds. The summed E-state index contributed by atoms with van der Waals surface area (Å²) in [6.07, 6.45) is 0. The Morgan fingerprint density at radius 2 is 1.63 bits per heavy atom. The molecule has 0 atom stereocenters. The number of nitrogen functional groups attached to an aromatic ring is 1. The van der Waals surface area contributed by atoms with Crippen LogP contribution in [0, 0.1) is 12.7 Å². The number of rotatable bonds is 3. The molecule has 3 aromatic carbocycles. The van der Waals surface area contributed by atoms with Crippen molar-refractivity contribution in [2.24, 2.45) is 0 Å². The van der Waals surface area contributed by atoms with E-state index in [2.05, 4.69) is 5.10 Å². The Balaban J connectivity index is 1.98. The summed E-state index contributed by atoms with van der Waals surface area (Å²) >= 11 is 0. The predicted octanol–water partition coefficient (Wildman–Crippen LogP) is 4.53. The summed E-state index contributed by atoms with van der Waals surface area (Å²) in [6.45, 7) is 2.00. The van der Waals surface area contributed by atoms with E-state index >= 15 is 0 Å². The maximum atomic E-state index is 13.3. The molecule has 0 aliphatic heterocycles. The SMILES string of the molecule is Cc1cccc(-c2[nH]n(-c3ccc(F)cc3)c(=O)c2-c2ccc(N)cc2)c1. The highest BCUT2D eigenvalue weighted by Crippen LogP contribution is 2.30. The quantitative estimate of drug-likeness (QED) is 0.528. The minimum Gasteiger partial charge on any atom is -0.399 e. The maximum Gasteiger partial charge on any atom is 0.279 e. The predicted molar refractivity (Wildman–Crippen MR) is 106 cm³/mol. The minimum absolute atomic E-state index is 0.206. The zero-order valence-electron chi connectivity index (χ0n) is 14.7. The Hall–Kier alpha value is -3.60. The van der Waals surface area contributed by atoms with Crippen LogP contribution < -0.4 is 11.3 Å². The third-order valence-electron chi connectivity index (χ3n) is 4.48. The smallest absolute Gasteiger partial charge is 0.279 e. The summed E-state index contributed by atoms with van der Waals surface area (Å²) in [5, 5.41) is 3.19. The lowest BCUT2D eigenvalue weighted by molar-refractivity contribution is 0.627. The van der Waals surface area contributed by atoms with Gasteiger partial charge in [-0.3, -0.25) is 9.89 Å². The van der Waals surface area contributed by atoms with Crippen LogP contribution in [0.5, 0.6) is 0 Å². The van der Waals surface area contributed by atoms with E-state index in [0.717, 1.165) is 16.7 Å². The average Bonchev–Trinajstić information content (AvgIpc) is 3.00. The molecule has 3 N–H and O–H groups in total. The molecule has 134 valence electrons. The minimum atomic E-state index is -0.351. The van der Waals surface area contributed by atoms with Gasteiger partial charge in [0.25, 0.3) is 5.56 Å². The zero-order valence-corrected chi connectivity index (χ0v) is 14.7. The van der Waals surface area contributed by atoms with Gasteiger partial charge in [0.1, 0.15) is 5.82 Å². The fraction of sp³-hybridized carbons (Fsp3) is 0.0455. The Labute approximate surface area is 155 Å². The fourth-order valence-electron chi connectivity index (χ4n) is 3.14. The number of halogens is 1. The van der Waals surface area contributed by atoms with Gasteiger partial charge in [-0.05, 0) is 55.0 Å². The summed E-state index contributed by atoms with van der Waals surface area (Å²) in [6, 6.07) is 20.9. The molecule has 0 aliphatic rings. The first-order valence-corrected chi connectivity index (χ1v) is 8.57. The molecule has 0 saturated heterocycles. The molecular formula is C22H18FN3O. The van der Waals surface area contributed by atoms with Crippen molar-refractivity contribution in [3.05, 3.63) is 94.5 Å². The second-order valence-corrected chi connectivity index (χ2v) is 6.47. The van der Waals surface area contributed by atoms with Crippen LogP contribution in [0.1, 0.15) is 5.56 Å². The van der Waals surface area contributed by atoms with Gasteiger partial charge in [-0.2, -0.15) is 0 Å². The van der Waals surface area contributed by atoms with Gasteiger partial charge in [0.15, 0.2) is 0 Å². The first-order valence-electron chi connectivity index (χ1n) is 8.57. The Kier molecular flexibility index (Phi) is 4.12. The highest BCUT2D eigenvalue weighted by atomic mass is 19.1. The zero-order chi connectivity index (χ0) is 19.0. The van der Waals surface area contributed by atoms with E-state index in [-0.39, 0.29) is 11.4 Å². The van der Waals surface area contributed by atoms with Gasteiger partial charge in [-0.25, -0.2) is 9.07 Å². The number of H-pyrrole nitrogens is 1. The van der Waals surface area contributed by atoms with E-state index in [1.165, 1.54) is 16.8 Å². The van der Waals surface area contributed by atoms with Gasteiger partial charge in [0, 0.05) is 11.3 Å². The van der Waals surface area contributed by atoms with Crippen molar-refractivity contribution < 1.29 is 4.39 Å². The maximum absolute atomic E-state index is 13.3. The van der Waals surface area contributed by atoms with Crippen molar-refractivity contribution >= 4 is 5.69 Å². The van der Waals surface area contributed by atoms with Crippen LogP contribution >= 0.6 is 0 Å². The Morgan fingerprint density at radius 3 is 2.30 bits per heavy atom. The van der Waals surface area contributed by atoms with E-state index in [4.69, 9.17) is 5.73 Å². The Bertz CT molecular complexity index is 1160. The number of aromatic amines is 1. The molecule has 0 fully saturated rings. The topological polar surface area (TPSA) is 63.8 Å². The molecular weight excluding hydrogens is 341 g/mol. The molecule has 4 aromatic rings. The van der Waals surface area contributed by atoms with E-state index in [0.29, 0.717) is 22.6 Å². The monoisotopic (exact) mass is 359 g/mol. The molecule has 1 heterocycles. The molecule has 0 saturated carbocycles. The van der Waals surface area contributed by atoms with Gasteiger partial charge in [0.2, 0.25) is 0 Å². The molecule has 4 nitrogen and oxygen atoms in total. The lowest BCUT2D eigenvalue weighted by atomic mass is 10.0. The van der Waals surface area contributed by atoms with Crippen molar-refractivity contribution in [1.29, 1.82) is 0 Å². The normalized spacial score (nSPS) is 10.9. The summed E-state index contributed by atoms with van der Waals surface area (Å²) in [5.41, 5.74) is 10.8. The van der Waals surface area contributed by atoms with Gasteiger partial charge in [-0.1, -0.05) is 35.9 Å². The Morgan fingerprint density at radius 1 is 0.926 bits per heavy atom. The third-order valence-corrected chi connectivity index (χ3v) is 4.48. The lowest BCUT2D eigenvalue weighted by Gasteiger charge is -2.05. The molecule has 27 heavy (non-hydrogen) atoms. The van der Waals surface area contributed by atoms with Crippen molar-refractivity contribution in [1.82, 2.24) is 9.78 Å². The number of hydrogen-bond donors (Lipinski definition) is 2. The van der Waals surface area contributed by atoms with Crippen LogP contribution in [0.25, 0.3) is 28.1 Å². The summed E-state index contributed by atoms with van der Waals surface area (Å²) in [7, 11) is 0. The van der Waals surface area contributed by atoms with Crippen LogP contribution in [0.2, 0.25) is 0 Å². The molecule has 0 radical (unpaired) electrons. The highest BCUT2D eigenvalue weighted by Gasteiger charge is 2.18. The van der Waals surface area contributed by atoms with Gasteiger partial charge >= 0.3 is 0 Å². The van der Waals surface area contributed by atoms with Crippen molar-refractivity contribution in [3.8, 4) is 28.1 Å². The van der Waals surface area contributed by atoms with Crippen LogP contribution in [0.3, 0.4) is 0 Å². The fourth-order valence-corrected chi connectivity index (χ4v) is 3.14. The number of aromatic nitrogens is 2. The number of nitrogens with two attached hydrogens (primary N) is 1. The number of benzene rings is 3. The van der Waals surface area contributed by atoms with Crippen LogP contribution in [-0.2, 0) is 0 Å². The first-order chi connectivity index (χ1) is 13.0.